The third-order valence-corrected chi connectivity index (χ3v) is 5.95. The Morgan fingerprint density at radius 3 is 2.79 bits per heavy atom. The molecule has 2 bridgehead atoms. The van der Waals surface area contributed by atoms with Crippen LogP contribution in [0.3, 0.4) is 0 Å². The van der Waals surface area contributed by atoms with Gasteiger partial charge in [-0.1, -0.05) is 6.07 Å². The van der Waals surface area contributed by atoms with Crippen molar-refractivity contribution in [3.63, 3.8) is 0 Å². The zero-order valence-corrected chi connectivity index (χ0v) is 11.9. The Bertz CT molecular complexity index is 556. The first kappa shape index (κ1) is 13.0. The number of piperidine rings is 1. The van der Waals surface area contributed by atoms with Gasteiger partial charge in [-0.25, -0.2) is 13.4 Å². The summed E-state index contributed by atoms with van der Waals surface area (Å²) in [6.07, 6.45) is 4.84. The first-order chi connectivity index (χ1) is 9.11. The number of fused-ring (bicyclic) bond motifs is 2. The molecule has 3 rings (SSSR count). The van der Waals surface area contributed by atoms with Crippen molar-refractivity contribution in [2.24, 2.45) is 5.92 Å². The number of rotatable bonds is 4. The molecule has 0 aromatic carbocycles. The highest BCUT2D eigenvalue weighted by molar-refractivity contribution is 7.89. The van der Waals surface area contributed by atoms with E-state index in [-0.39, 0.29) is 11.1 Å². The van der Waals surface area contributed by atoms with Gasteiger partial charge in [0.15, 0.2) is 5.03 Å². The van der Waals surface area contributed by atoms with Gasteiger partial charge in [-0.3, -0.25) is 0 Å². The lowest BCUT2D eigenvalue weighted by Gasteiger charge is -2.25. The molecule has 1 aromatic rings. The molecule has 19 heavy (non-hydrogen) atoms. The third-order valence-electron chi connectivity index (χ3n) is 4.11. The second-order valence-electron chi connectivity index (χ2n) is 5.44. The highest BCUT2D eigenvalue weighted by Gasteiger charge is 2.44. The van der Waals surface area contributed by atoms with Crippen molar-refractivity contribution in [3.8, 4) is 0 Å². The van der Waals surface area contributed by atoms with E-state index in [0.717, 1.165) is 18.4 Å². The van der Waals surface area contributed by atoms with Crippen LogP contribution in [0.1, 0.15) is 24.8 Å². The standard InChI is InChI=1S/C13H19N3O2S/c1-14-7-11-3-5-13(15-8-11)19(17,18)16-9-10-2-4-12(16)6-10/h3,5,8,10,12,14H,2,4,6-7,9H2,1H3. The van der Waals surface area contributed by atoms with E-state index in [1.165, 1.54) is 6.42 Å². The van der Waals surface area contributed by atoms with Gasteiger partial charge < -0.3 is 5.32 Å². The Hall–Kier alpha value is -0.980. The van der Waals surface area contributed by atoms with Crippen molar-refractivity contribution in [2.45, 2.75) is 36.9 Å². The van der Waals surface area contributed by atoms with E-state index in [4.69, 9.17) is 0 Å². The van der Waals surface area contributed by atoms with Crippen LogP contribution in [0, 0.1) is 5.92 Å². The summed E-state index contributed by atoms with van der Waals surface area (Å²) in [6.45, 7) is 1.37. The molecule has 1 N–H and O–H groups in total. The molecule has 1 saturated heterocycles. The largest absolute Gasteiger partial charge is 0.316 e. The zero-order chi connectivity index (χ0) is 13.5. The van der Waals surface area contributed by atoms with Crippen LogP contribution in [0.5, 0.6) is 0 Å². The Kier molecular flexibility index (Phi) is 3.32. The minimum atomic E-state index is -3.40. The van der Waals surface area contributed by atoms with Crippen LogP contribution < -0.4 is 5.32 Å². The van der Waals surface area contributed by atoms with Gasteiger partial charge in [0.05, 0.1) is 0 Å². The molecule has 0 amide bonds. The number of hydrogen-bond acceptors (Lipinski definition) is 4. The molecule has 2 unspecified atom stereocenters. The van der Waals surface area contributed by atoms with Gasteiger partial charge in [0.1, 0.15) is 0 Å². The fourth-order valence-corrected chi connectivity index (χ4v) is 4.82. The molecule has 1 saturated carbocycles. The van der Waals surface area contributed by atoms with E-state index in [2.05, 4.69) is 10.3 Å². The van der Waals surface area contributed by atoms with Crippen molar-refractivity contribution in [2.75, 3.05) is 13.6 Å². The van der Waals surface area contributed by atoms with Crippen LogP contribution in [0.15, 0.2) is 23.4 Å². The topological polar surface area (TPSA) is 62.3 Å². The monoisotopic (exact) mass is 281 g/mol. The van der Waals surface area contributed by atoms with E-state index in [9.17, 15) is 8.42 Å². The summed E-state index contributed by atoms with van der Waals surface area (Å²) in [6, 6.07) is 3.65. The normalized spacial score (nSPS) is 27.0. The summed E-state index contributed by atoms with van der Waals surface area (Å²) in [5, 5.41) is 3.20. The Morgan fingerprint density at radius 1 is 1.42 bits per heavy atom. The van der Waals surface area contributed by atoms with E-state index >= 15 is 0 Å². The molecule has 2 atom stereocenters. The van der Waals surface area contributed by atoms with Crippen LogP contribution in [-0.4, -0.2) is 37.3 Å². The lowest BCUT2D eigenvalue weighted by Crippen LogP contribution is -2.38. The first-order valence-electron chi connectivity index (χ1n) is 6.72. The third kappa shape index (κ3) is 2.28. The molecule has 1 aliphatic carbocycles. The quantitative estimate of drug-likeness (QED) is 0.893. The minimum Gasteiger partial charge on any atom is -0.316 e. The molecule has 2 heterocycles. The molecule has 2 aliphatic rings. The molecule has 1 aliphatic heterocycles. The molecule has 1 aromatic heterocycles. The van der Waals surface area contributed by atoms with Gasteiger partial charge in [-0.2, -0.15) is 4.31 Å². The second kappa shape index (κ2) is 4.85. The van der Waals surface area contributed by atoms with Gasteiger partial charge >= 0.3 is 0 Å². The molecular weight excluding hydrogens is 262 g/mol. The zero-order valence-electron chi connectivity index (χ0n) is 11.0. The molecule has 2 fully saturated rings. The van der Waals surface area contributed by atoms with E-state index in [1.54, 1.807) is 16.6 Å². The van der Waals surface area contributed by atoms with Crippen molar-refractivity contribution >= 4 is 10.0 Å². The van der Waals surface area contributed by atoms with Crippen molar-refractivity contribution in [1.29, 1.82) is 0 Å². The van der Waals surface area contributed by atoms with Crippen LogP contribution in [0.2, 0.25) is 0 Å². The van der Waals surface area contributed by atoms with Gasteiger partial charge in [0.2, 0.25) is 0 Å². The maximum Gasteiger partial charge on any atom is 0.260 e. The summed E-state index contributed by atoms with van der Waals surface area (Å²) in [7, 11) is -1.55. The number of nitrogens with one attached hydrogen (secondary N) is 1. The summed E-state index contributed by atoms with van der Waals surface area (Å²) >= 11 is 0. The van der Waals surface area contributed by atoms with Crippen LogP contribution >= 0.6 is 0 Å². The number of aromatic nitrogens is 1. The summed E-state index contributed by atoms with van der Waals surface area (Å²) in [5.41, 5.74) is 0.990. The van der Waals surface area contributed by atoms with Gasteiger partial charge in [-0.05, 0) is 43.9 Å². The lowest BCUT2D eigenvalue weighted by atomic mass is 10.1. The maximum atomic E-state index is 12.5. The van der Waals surface area contributed by atoms with Crippen LogP contribution in [0.25, 0.3) is 0 Å². The highest BCUT2D eigenvalue weighted by atomic mass is 32.2. The Balaban J connectivity index is 1.84. The predicted octanol–water partition coefficient (Wildman–Crippen LogP) is 0.974. The molecule has 104 valence electrons. The SMILES string of the molecule is CNCc1ccc(S(=O)(=O)N2CC3CCC2C3)nc1. The van der Waals surface area contributed by atoms with Gasteiger partial charge in [0, 0.05) is 25.3 Å². The molecule has 6 heteroatoms. The highest BCUT2D eigenvalue weighted by Crippen LogP contribution is 2.40. The summed E-state index contributed by atoms with van der Waals surface area (Å²) < 4.78 is 26.7. The predicted molar refractivity (Wildman–Crippen MR) is 72.0 cm³/mol. The van der Waals surface area contributed by atoms with Crippen LogP contribution in [0.4, 0.5) is 0 Å². The van der Waals surface area contributed by atoms with E-state index in [1.807, 2.05) is 13.1 Å². The second-order valence-corrected chi connectivity index (χ2v) is 7.28. The number of sulfonamides is 1. The van der Waals surface area contributed by atoms with E-state index < -0.39 is 10.0 Å². The van der Waals surface area contributed by atoms with Crippen molar-refractivity contribution in [1.82, 2.24) is 14.6 Å². The van der Waals surface area contributed by atoms with Gasteiger partial charge in [-0.15, -0.1) is 0 Å². The summed E-state index contributed by atoms with van der Waals surface area (Å²) in [4.78, 5) is 4.13. The molecule has 5 nitrogen and oxygen atoms in total. The average molecular weight is 281 g/mol. The average Bonchev–Trinajstić information content (AvgIpc) is 3.02. The fourth-order valence-electron chi connectivity index (χ4n) is 3.17. The molecular formula is C13H19N3O2S. The summed E-state index contributed by atoms with van der Waals surface area (Å²) in [5.74, 6) is 0.559. The first-order valence-corrected chi connectivity index (χ1v) is 8.16. The smallest absolute Gasteiger partial charge is 0.260 e. The number of hydrogen-bond donors (Lipinski definition) is 1. The minimum absolute atomic E-state index is 0.180. The number of pyridine rings is 1. The molecule has 0 radical (unpaired) electrons. The number of nitrogens with zero attached hydrogens (tertiary/aromatic N) is 2. The molecule has 0 spiro atoms. The van der Waals surface area contributed by atoms with Crippen molar-refractivity contribution in [3.05, 3.63) is 23.9 Å². The Morgan fingerprint density at radius 2 is 2.26 bits per heavy atom. The van der Waals surface area contributed by atoms with E-state index in [0.29, 0.717) is 19.0 Å². The Labute approximate surface area is 114 Å². The van der Waals surface area contributed by atoms with Crippen LogP contribution in [-0.2, 0) is 16.6 Å². The fraction of sp³-hybridized carbons (Fsp3) is 0.615. The van der Waals surface area contributed by atoms with Crippen molar-refractivity contribution < 1.29 is 8.42 Å². The van der Waals surface area contributed by atoms with Gasteiger partial charge in [0.25, 0.3) is 10.0 Å². The maximum absolute atomic E-state index is 12.5. The lowest BCUT2D eigenvalue weighted by molar-refractivity contribution is 0.332.